The Bertz CT molecular complexity index is 1410. The van der Waals surface area contributed by atoms with Gasteiger partial charge in [-0.2, -0.15) is 0 Å². The highest BCUT2D eigenvalue weighted by atomic mass is 16.6. The maximum atomic E-state index is 14.0. The first-order chi connectivity index (χ1) is 27.8. The van der Waals surface area contributed by atoms with Crippen LogP contribution in [0.15, 0.2) is 30.3 Å². The summed E-state index contributed by atoms with van der Waals surface area (Å²) in [5.41, 5.74) is 6.05. The minimum Gasteiger partial charge on any atom is -0.461 e. The van der Waals surface area contributed by atoms with Crippen LogP contribution in [0, 0.1) is 17.8 Å². The molecule has 0 fully saturated rings. The quantitative estimate of drug-likeness (QED) is 0.0364. The minimum atomic E-state index is -1.39. The second-order valence-corrected chi connectivity index (χ2v) is 17.7. The molecule has 6 atom stereocenters. The van der Waals surface area contributed by atoms with E-state index in [0.29, 0.717) is 12.8 Å². The van der Waals surface area contributed by atoms with Crippen molar-refractivity contribution < 1.29 is 43.0 Å². The van der Waals surface area contributed by atoms with Gasteiger partial charge < -0.3 is 35.9 Å². The van der Waals surface area contributed by atoms with Gasteiger partial charge in [-0.3, -0.25) is 24.0 Å². The number of hydrogen-bond donors (Lipinski definition) is 4. The molecule has 0 aliphatic carbocycles. The number of benzene rings is 1. The predicted octanol–water partition coefficient (Wildman–Crippen LogP) is 7.21. The number of rotatable bonds is 29. The fourth-order valence-corrected chi connectivity index (χ4v) is 6.33. The van der Waals surface area contributed by atoms with Crippen molar-refractivity contribution in [1.82, 2.24) is 16.0 Å². The minimum absolute atomic E-state index is 0.0732. The number of unbranched alkanes of at least 4 members (excludes halogenated alkanes) is 8. The molecule has 13 heteroatoms. The molecule has 0 heterocycles. The molecule has 0 aliphatic rings. The van der Waals surface area contributed by atoms with E-state index in [1.165, 1.54) is 32.1 Å². The monoisotopic (exact) mass is 831 g/mol. The zero-order valence-corrected chi connectivity index (χ0v) is 37.9. The van der Waals surface area contributed by atoms with Gasteiger partial charge in [-0.05, 0) is 63.4 Å². The molecule has 336 valence electrons. The molecule has 0 aromatic heterocycles. The third-order valence-electron chi connectivity index (χ3n) is 10.1. The normalized spacial score (nSPS) is 14.7. The molecule has 3 amide bonds. The maximum absolute atomic E-state index is 14.0. The number of nitrogens with one attached hydrogen (secondary N) is 3. The molecule has 0 aliphatic heterocycles. The molecule has 1 rings (SSSR count). The van der Waals surface area contributed by atoms with E-state index < -0.39 is 77.9 Å². The molecule has 5 N–H and O–H groups in total. The van der Waals surface area contributed by atoms with E-state index in [2.05, 4.69) is 22.9 Å². The molecule has 0 spiro atoms. The van der Waals surface area contributed by atoms with Crippen LogP contribution in [-0.4, -0.2) is 71.5 Å². The van der Waals surface area contributed by atoms with Crippen molar-refractivity contribution in [3.8, 4) is 0 Å². The third kappa shape index (κ3) is 23.4. The Labute approximate surface area is 354 Å². The highest BCUT2D eigenvalue weighted by Crippen LogP contribution is 2.19. The van der Waals surface area contributed by atoms with Gasteiger partial charge in [0.15, 0.2) is 0 Å². The van der Waals surface area contributed by atoms with E-state index in [1.807, 2.05) is 58.0 Å². The van der Waals surface area contributed by atoms with Gasteiger partial charge in [0.1, 0.15) is 36.4 Å². The van der Waals surface area contributed by atoms with E-state index >= 15 is 0 Å². The number of ether oxygens (including phenoxy) is 3. The Balaban J connectivity index is 3.22. The smallest absolute Gasteiger partial charge is 0.329 e. The summed E-state index contributed by atoms with van der Waals surface area (Å²) in [5.74, 6) is -4.62. The van der Waals surface area contributed by atoms with Crippen molar-refractivity contribution in [1.29, 1.82) is 0 Å². The van der Waals surface area contributed by atoms with Crippen LogP contribution in [0.2, 0.25) is 0 Å². The van der Waals surface area contributed by atoms with Crippen molar-refractivity contribution in [2.75, 3.05) is 0 Å². The van der Waals surface area contributed by atoms with E-state index in [0.717, 1.165) is 31.2 Å². The summed E-state index contributed by atoms with van der Waals surface area (Å²) >= 11 is 0. The lowest BCUT2D eigenvalue weighted by molar-refractivity contribution is -0.160. The summed E-state index contributed by atoms with van der Waals surface area (Å²) in [6.07, 6.45) is 9.75. The molecule has 59 heavy (non-hydrogen) atoms. The molecule has 13 nitrogen and oxygen atoms in total. The van der Waals surface area contributed by atoms with Crippen LogP contribution in [0.25, 0.3) is 0 Å². The van der Waals surface area contributed by atoms with Crippen molar-refractivity contribution in [3.63, 3.8) is 0 Å². The van der Waals surface area contributed by atoms with Crippen molar-refractivity contribution in [3.05, 3.63) is 35.9 Å². The number of esters is 3. The number of amides is 3. The first kappa shape index (κ1) is 53.0. The summed E-state index contributed by atoms with van der Waals surface area (Å²) in [6, 6.07) is 4.77. The average molecular weight is 831 g/mol. The lowest BCUT2D eigenvalue weighted by Crippen LogP contribution is -2.59. The van der Waals surface area contributed by atoms with Gasteiger partial charge in [0.2, 0.25) is 17.7 Å². The van der Waals surface area contributed by atoms with Gasteiger partial charge in [-0.25, -0.2) is 4.79 Å². The standard InChI is InChI=1S/C46H78N4O9/c1-11-13-14-15-16-17-18-19-23-26-35(28-38(51)57-30-34-24-21-20-22-25-34)58-45(56)41(33(7)12-2)50-43(54)36(27-31(3)4)48-42(53)37(29-39(52)59-46(8,9)10)49-44(55)40(47)32(5)6/h20-22,24-25,31-33,35-37,40-41H,11-19,23,26-30,47H2,1-10H3,(H,48,53)(H,49,55)(H,50,54)/t33-,35?,36-,37-,40-,41-/m0/s1. The number of carbonyl (C=O) groups is 6. The van der Waals surface area contributed by atoms with Gasteiger partial charge in [-0.15, -0.1) is 0 Å². The van der Waals surface area contributed by atoms with Crippen LogP contribution in [0.5, 0.6) is 0 Å². The zero-order chi connectivity index (χ0) is 44.5. The summed E-state index contributed by atoms with van der Waals surface area (Å²) in [5, 5.41) is 8.12. The van der Waals surface area contributed by atoms with Gasteiger partial charge in [0.05, 0.1) is 18.9 Å². The average Bonchev–Trinajstić information content (AvgIpc) is 3.16. The Morgan fingerprint density at radius 2 is 1.25 bits per heavy atom. The van der Waals surface area contributed by atoms with Crippen molar-refractivity contribution in [2.24, 2.45) is 23.5 Å². The highest BCUT2D eigenvalue weighted by Gasteiger charge is 2.35. The number of nitrogens with two attached hydrogens (primary N) is 1. The molecule has 0 saturated carbocycles. The molecule has 1 aromatic rings. The van der Waals surface area contributed by atoms with E-state index in [4.69, 9.17) is 19.9 Å². The van der Waals surface area contributed by atoms with Gasteiger partial charge in [0.25, 0.3) is 0 Å². The first-order valence-corrected chi connectivity index (χ1v) is 22.1. The molecule has 0 radical (unpaired) electrons. The SMILES string of the molecule is CCCCCCCCCCCC(CC(=O)OCc1ccccc1)OC(=O)[C@@H](NC(=O)[C@H](CC(C)C)NC(=O)[C@H](CC(=O)OC(C)(C)C)NC(=O)[C@@H](N)C(C)C)[C@@H](C)CC. The molecule has 0 bridgehead atoms. The summed E-state index contributed by atoms with van der Waals surface area (Å²) in [6.45, 7) is 18.3. The third-order valence-corrected chi connectivity index (χ3v) is 10.1. The second kappa shape index (κ2) is 28.5. The lowest BCUT2D eigenvalue weighted by Gasteiger charge is -2.29. The Morgan fingerprint density at radius 1 is 0.695 bits per heavy atom. The Morgan fingerprint density at radius 3 is 1.80 bits per heavy atom. The maximum Gasteiger partial charge on any atom is 0.329 e. The van der Waals surface area contributed by atoms with Crippen LogP contribution in [0.4, 0.5) is 0 Å². The van der Waals surface area contributed by atoms with Crippen molar-refractivity contribution >= 4 is 35.6 Å². The van der Waals surface area contributed by atoms with Gasteiger partial charge >= 0.3 is 17.9 Å². The van der Waals surface area contributed by atoms with Crippen LogP contribution in [0.1, 0.15) is 165 Å². The largest absolute Gasteiger partial charge is 0.461 e. The molecular weight excluding hydrogens is 753 g/mol. The van der Waals surface area contributed by atoms with Crippen LogP contribution in [-0.2, 0) is 49.6 Å². The predicted molar refractivity (Wildman–Crippen MR) is 231 cm³/mol. The van der Waals surface area contributed by atoms with E-state index in [-0.39, 0.29) is 37.2 Å². The lowest BCUT2D eigenvalue weighted by atomic mass is 9.97. The fourth-order valence-electron chi connectivity index (χ4n) is 6.33. The Kier molecular flexibility index (Phi) is 25.6. The van der Waals surface area contributed by atoms with Crippen molar-refractivity contribution in [2.45, 2.75) is 202 Å². The van der Waals surface area contributed by atoms with E-state index in [9.17, 15) is 28.8 Å². The van der Waals surface area contributed by atoms with Crippen LogP contribution in [0.3, 0.4) is 0 Å². The van der Waals surface area contributed by atoms with Gasteiger partial charge in [-0.1, -0.05) is 137 Å². The van der Waals surface area contributed by atoms with E-state index in [1.54, 1.807) is 34.6 Å². The first-order valence-electron chi connectivity index (χ1n) is 22.1. The summed E-state index contributed by atoms with van der Waals surface area (Å²) in [4.78, 5) is 80.7. The fraction of sp³-hybridized carbons (Fsp3) is 0.739. The topological polar surface area (TPSA) is 192 Å². The number of carbonyl (C=O) groups excluding carboxylic acids is 6. The molecular formula is C46H78N4O9. The Hall–Kier alpha value is -4.00. The highest BCUT2D eigenvalue weighted by molar-refractivity contribution is 5.96. The van der Waals surface area contributed by atoms with Gasteiger partial charge in [0, 0.05) is 0 Å². The van der Waals surface area contributed by atoms with Crippen LogP contribution < -0.4 is 21.7 Å². The zero-order valence-electron chi connectivity index (χ0n) is 37.9. The molecule has 0 saturated heterocycles. The summed E-state index contributed by atoms with van der Waals surface area (Å²) < 4.78 is 17.0. The van der Waals surface area contributed by atoms with Crippen LogP contribution >= 0.6 is 0 Å². The second-order valence-electron chi connectivity index (χ2n) is 17.7. The molecule has 1 unspecified atom stereocenters. The number of hydrogen-bond acceptors (Lipinski definition) is 10. The summed E-state index contributed by atoms with van der Waals surface area (Å²) in [7, 11) is 0. The molecule has 1 aromatic carbocycles.